The summed E-state index contributed by atoms with van der Waals surface area (Å²) in [7, 11) is 0. The van der Waals surface area contributed by atoms with E-state index in [1.165, 1.54) is 12.0 Å². The van der Waals surface area contributed by atoms with E-state index in [4.69, 9.17) is 0 Å². The molecule has 0 aliphatic carbocycles. The minimum Gasteiger partial charge on any atom is -0.267 e. The molecular weight excluding hydrogens is 136 g/mol. The Morgan fingerprint density at radius 3 is 3.18 bits per heavy atom. The Morgan fingerprint density at radius 1 is 1.36 bits per heavy atom. The average molecular weight is 147 g/mol. The zero-order valence-electron chi connectivity index (χ0n) is 6.67. The second-order valence-electron chi connectivity index (χ2n) is 2.92. The van der Waals surface area contributed by atoms with E-state index in [-0.39, 0.29) is 0 Å². The van der Waals surface area contributed by atoms with Gasteiger partial charge >= 0.3 is 0 Å². The normalized spacial score (nSPS) is 15.4. The van der Waals surface area contributed by atoms with Gasteiger partial charge in [0.1, 0.15) is 0 Å². The molecule has 1 aliphatic rings. The molecule has 0 saturated heterocycles. The molecule has 1 aromatic rings. The standard InChI is InChI=1S/C9H11N2/c1-7-4-5-8-3-2-6-10-9(8)11-7/h4-5H,2-3,6H2,1H3. The molecule has 0 N–H and O–H groups in total. The fourth-order valence-corrected chi connectivity index (χ4v) is 1.36. The number of hydrogen-bond donors (Lipinski definition) is 0. The first-order chi connectivity index (χ1) is 5.36. The number of aromatic nitrogens is 1. The van der Waals surface area contributed by atoms with Crippen LogP contribution in [-0.2, 0) is 6.42 Å². The number of fused-ring (bicyclic) bond motifs is 1. The van der Waals surface area contributed by atoms with Gasteiger partial charge in [0.05, 0.1) is 0 Å². The van der Waals surface area contributed by atoms with Crippen LogP contribution >= 0.6 is 0 Å². The SMILES string of the molecule is Cc1ccc2c(n1)[N]CCC2. The molecule has 0 spiro atoms. The van der Waals surface area contributed by atoms with Crippen molar-refractivity contribution in [2.45, 2.75) is 19.8 Å². The first-order valence-corrected chi connectivity index (χ1v) is 4.00. The summed E-state index contributed by atoms with van der Waals surface area (Å²) in [5.41, 5.74) is 2.37. The van der Waals surface area contributed by atoms with Crippen molar-refractivity contribution in [2.24, 2.45) is 0 Å². The summed E-state index contributed by atoms with van der Waals surface area (Å²) < 4.78 is 0. The lowest BCUT2D eigenvalue weighted by Crippen LogP contribution is -2.12. The maximum absolute atomic E-state index is 4.35. The van der Waals surface area contributed by atoms with Crippen LogP contribution in [0.3, 0.4) is 0 Å². The topological polar surface area (TPSA) is 27.0 Å². The van der Waals surface area contributed by atoms with E-state index in [1.807, 2.05) is 6.92 Å². The molecule has 1 radical (unpaired) electrons. The monoisotopic (exact) mass is 147 g/mol. The van der Waals surface area contributed by atoms with Gasteiger partial charge in [-0.2, -0.15) is 0 Å². The minimum absolute atomic E-state index is 0.948. The van der Waals surface area contributed by atoms with Gasteiger partial charge in [-0.3, -0.25) is 5.32 Å². The van der Waals surface area contributed by atoms with Crippen molar-refractivity contribution in [3.63, 3.8) is 0 Å². The lowest BCUT2D eigenvalue weighted by molar-refractivity contribution is 0.687. The molecule has 11 heavy (non-hydrogen) atoms. The highest BCUT2D eigenvalue weighted by molar-refractivity contribution is 5.40. The van der Waals surface area contributed by atoms with Crippen LogP contribution < -0.4 is 5.32 Å². The van der Waals surface area contributed by atoms with Crippen LogP contribution in [-0.4, -0.2) is 11.5 Å². The van der Waals surface area contributed by atoms with Gasteiger partial charge in [-0.1, -0.05) is 6.07 Å². The summed E-state index contributed by atoms with van der Waals surface area (Å²) >= 11 is 0. The van der Waals surface area contributed by atoms with Crippen molar-refractivity contribution in [1.82, 2.24) is 10.3 Å². The van der Waals surface area contributed by atoms with Gasteiger partial charge in [0.2, 0.25) is 0 Å². The molecule has 0 atom stereocenters. The quantitative estimate of drug-likeness (QED) is 0.547. The first kappa shape index (κ1) is 6.65. The van der Waals surface area contributed by atoms with Crippen LogP contribution in [0.4, 0.5) is 5.82 Å². The molecule has 1 aromatic heterocycles. The second-order valence-corrected chi connectivity index (χ2v) is 2.92. The first-order valence-electron chi connectivity index (χ1n) is 4.00. The zero-order valence-corrected chi connectivity index (χ0v) is 6.67. The predicted octanol–water partition coefficient (Wildman–Crippen LogP) is 1.57. The van der Waals surface area contributed by atoms with E-state index < -0.39 is 0 Å². The van der Waals surface area contributed by atoms with E-state index in [1.54, 1.807) is 0 Å². The minimum atomic E-state index is 0.948. The van der Waals surface area contributed by atoms with Crippen molar-refractivity contribution >= 4 is 5.82 Å². The molecule has 0 aromatic carbocycles. The van der Waals surface area contributed by atoms with E-state index in [0.717, 1.165) is 24.5 Å². The summed E-state index contributed by atoms with van der Waals surface area (Å²) in [5, 5.41) is 4.34. The van der Waals surface area contributed by atoms with Crippen LogP contribution in [0.25, 0.3) is 0 Å². The highest BCUT2D eigenvalue weighted by Gasteiger charge is 2.09. The molecule has 0 fully saturated rings. The third kappa shape index (κ3) is 1.20. The lowest BCUT2D eigenvalue weighted by Gasteiger charge is -2.13. The Balaban J connectivity index is 2.43. The third-order valence-electron chi connectivity index (χ3n) is 1.96. The maximum Gasteiger partial charge on any atom is 0.150 e. The van der Waals surface area contributed by atoms with Gasteiger partial charge in [-0.15, -0.1) is 0 Å². The molecule has 0 unspecified atom stereocenters. The van der Waals surface area contributed by atoms with Gasteiger partial charge in [0.25, 0.3) is 0 Å². The largest absolute Gasteiger partial charge is 0.267 e. The molecule has 2 nitrogen and oxygen atoms in total. The van der Waals surface area contributed by atoms with Crippen LogP contribution in [0.1, 0.15) is 17.7 Å². The van der Waals surface area contributed by atoms with Gasteiger partial charge in [-0.05, 0) is 31.4 Å². The fourth-order valence-electron chi connectivity index (χ4n) is 1.36. The maximum atomic E-state index is 4.35. The molecule has 0 bridgehead atoms. The Labute approximate surface area is 66.7 Å². The highest BCUT2D eigenvalue weighted by atomic mass is 15.0. The molecule has 2 heteroatoms. The van der Waals surface area contributed by atoms with Gasteiger partial charge in [-0.25, -0.2) is 4.98 Å². The van der Waals surface area contributed by atoms with E-state index >= 15 is 0 Å². The molecular formula is C9H11N2. The Hall–Kier alpha value is -1.05. The van der Waals surface area contributed by atoms with E-state index in [9.17, 15) is 0 Å². The summed E-state index contributed by atoms with van der Waals surface area (Å²) in [6.07, 6.45) is 2.32. The van der Waals surface area contributed by atoms with Crippen molar-refractivity contribution in [1.29, 1.82) is 0 Å². The summed E-state index contributed by atoms with van der Waals surface area (Å²) in [6.45, 7) is 2.95. The summed E-state index contributed by atoms with van der Waals surface area (Å²) in [6, 6.07) is 4.19. The van der Waals surface area contributed by atoms with Crippen molar-refractivity contribution in [2.75, 3.05) is 6.54 Å². The number of aryl methyl sites for hydroxylation is 2. The van der Waals surface area contributed by atoms with Gasteiger partial charge in [0, 0.05) is 12.2 Å². The van der Waals surface area contributed by atoms with Gasteiger partial charge in [0.15, 0.2) is 5.82 Å². The summed E-state index contributed by atoms with van der Waals surface area (Å²) in [4.78, 5) is 4.35. The van der Waals surface area contributed by atoms with Crippen molar-refractivity contribution < 1.29 is 0 Å². The number of hydrogen-bond acceptors (Lipinski definition) is 1. The van der Waals surface area contributed by atoms with Crippen molar-refractivity contribution in [3.05, 3.63) is 23.4 Å². The number of nitrogens with zero attached hydrogens (tertiary/aromatic N) is 2. The number of pyridine rings is 1. The van der Waals surface area contributed by atoms with Crippen LogP contribution in [0.2, 0.25) is 0 Å². The molecule has 57 valence electrons. The fraction of sp³-hybridized carbons (Fsp3) is 0.444. The average Bonchev–Trinajstić information content (AvgIpc) is 2.04. The van der Waals surface area contributed by atoms with Crippen LogP contribution in [0, 0.1) is 6.92 Å². The van der Waals surface area contributed by atoms with E-state index in [2.05, 4.69) is 22.4 Å². The second kappa shape index (κ2) is 2.53. The predicted molar refractivity (Wildman–Crippen MR) is 44.0 cm³/mol. The lowest BCUT2D eigenvalue weighted by atomic mass is 10.1. The van der Waals surface area contributed by atoms with Crippen LogP contribution in [0.5, 0.6) is 0 Å². The molecule has 2 heterocycles. The van der Waals surface area contributed by atoms with Crippen LogP contribution in [0.15, 0.2) is 12.1 Å². The zero-order chi connectivity index (χ0) is 7.68. The number of rotatable bonds is 0. The Morgan fingerprint density at radius 2 is 2.27 bits per heavy atom. The third-order valence-corrected chi connectivity index (χ3v) is 1.96. The van der Waals surface area contributed by atoms with Gasteiger partial charge < -0.3 is 0 Å². The molecule has 0 amide bonds. The molecule has 1 aliphatic heterocycles. The summed E-state index contributed by atoms with van der Waals surface area (Å²) in [5.74, 6) is 0.969. The molecule has 0 saturated carbocycles. The molecule has 2 rings (SSSR count). The Kier molecular flexibility index (Phi) is 1.53. The Bertz CT molecular complexity index is 268. The smallest absolute Gasteiger partial charge is 0.150 e. The highest BCUT2D eigenvalue weighted by Crippen LogP contribution is 2.19. The van der Waals surface area contributed by atoms with Crippen molar-refractivity contribution in [3.8, 4) is 0 Å². The van der Waals surface area contributed by atoms with E-state index in [0.29, 0.717) is 0 Å².